The third-order valence-electron chi connectivity index (χ3n) is 1.94. The average Bonchev–Trinajstić information content (AvgIpc) is 2.13. The van der Waals surface area contributed by atoms with E-state index in [1.165, 1.54) is 6.07 Å². The van der Waals surface area contributed by atoms with E-state index in [4.69, 9.17) is 11.6 Å². The Labute approximate surface area is 79.6 Å². The molecule has 1 N–H and O–H groups in total. The standard InChI is InChI=1S/C10H13NO/c1-12-10-3-2-9-7-11-5-4-8(9)6-10/h2-3,6,11H,4-5,7H2,1H3/i1D3,7D2. The van der Waals surface area contributed by atoms with Gasteiger partial charge in [-0.15, -0.1) is 0 Å². The Bertz CT molecular complexity index is 429. The van der Waals surface area contributed by atoms with Crippen molar-refractivity contribution in [2.75, 3.05) is 13.6 Å². The van der Waals surface area contributed by atoms with Crippen molar-refractivity contribution < 1.29 is 11.6 Å². The number of rotatable bonds is 1. The molecule has 12 heavy (non-hydrogen) atoms. The van der Waals surface area contributed by atoms with Crippen molar-refractivity contribution in [3.8, 4) is 5.75 Å². The Kier molecular flexibility index (Phi) is 0.996. The molecule has 1 aromatic carbocycles. The first-order valence-corrected chi connectivity index (χ1v) is 3.85. The average molecular weight is 168 g/mol. The molecule has 1 aromatic rings. The minimum atomic E-state index is -2.47. The van der Waals surface area contributed by atoms with Crippen molar-refractivity contribution in [1.29, 1.82) is 0 Å². The molecule has 1 aliphatic heterocycles. The normalized spacial score (nSPS) is 26.8. The van der Waals surface area contributed by atoms with Crippen molar-refractivity contribution >= 4 is 0 Å². The summed E-state index contributed by atoms with van der Waals surface area (Å²) in [5.74, 6) is 0.251. The molecule has 0 saturated carbocycles. The van der Waals surface area contributed by atoms with Crippen molar-refractivity contribution in [2.45, 2.75) is 12.9 Å². The van der Waals surface area contributed by atoms with E-state index in [2.05, 4.69) is 5.32 Å². The highest BCUT2D eigenvalue weighted by Gasteiger charge is 2.08. The summed E-state index contributed by atoms with van der Waals surface area (Å²) < 4.78 is 41.4. The molecule has 0 bridgehead atoms. The van der Waals surface area contributed by atoms with E-state index in [9.17, 15) is 0 Å². The van der Waals surface area contributed by atoms with Crippen molar-refractivity contribution in [2.24, 2.45) is 0 Å². The minimum Gasteiger partial charge on any atom is -0.497 e. The fraction of sp³-hybridized carbons (Fsp3) is 0.400. The fourth-order valence-electron chi connectivity index (χ4n) is 1.32. The number of methoxy groups -OCH3 is 1. The Morgan fingerprint density at radius 2 is 2.58 bits per heavy atom. The molecule has 2 heteroatoms. The number of hydrogen-bond donors (Lipinski definition) is 1. The molecule has 2 nitrogen and oxygen atoms in total. The van der Waals surface area contributed by atoms with E-state index < -0.39 is 13.5 Å². The van der Waals surface area contributed by atoms with E-state index in [-0.39, 0.29) is 5.75 Å². The van der Waals surface area contributed by atoms with E-state index in [1.807, 2.05) is 0 Å². The van der Waals surface area contributed by atoms with Gasteiger partial charge in [0.25, 0.3) is 0 Å². The van der Waals surface area contributed by atoms with Gasteiger partial charge < -0.3 is 10.1 Å². The van der Waals surface area contributed by atoms with Gasteiger partial charge in [0, 0.05) is 9.24 Å². The Morgan fingerprint density at radius 3 is 3.50 bits per heavy atom. The smallest absolute Gasteiger partial charge is 0.119 e. The van der Waals surface area contributed by atoms with Crippen LogP contribution in [0.3, 0.4) is 0 Å². The highest BCUT2D eigenvalue weighted by atomic mass is 16.5. The zero-order valence-corrected chi connectivity index (χ0v) is 6.55. The third-order valence-corrected chi connectivity index (χ3v) is 1.94. The second-order valence-corrected chi connectivity index (χ2v) is 2.72. The van der Waals surface area contributed by atoms with Crippen LogP contribution in [-0.2, 0) is 12.9 Å². The van der Waals surface area contributed by atoms with E-state index in [1.54, 1.807) is 12.1 Å². The monoisotopic (exact) mass is 168 g/mol. The quantitative estimate of drug-likeness (QED) is 0.683. The number of nitrogens with one attached hydrogen (secondary N) is 1. The summed E-state index contributed by atoms with van der Waals surface area (Å²) in [5, 5.41) is 2.76. The largest absolute Gasteiger partial charge is 0.497 e. The summed E-state index contributed by atoms with van der Waals surface area (Å²) >= 11 is 0. The van der Waals surface area contributed by atoms with Gasteiger partial charge in [-0.05, 0) is 36.2 Å². The molecule has 0 aromatic heterocycles. The molecule has 0 atom stereocenters. The molecule has 0 fully saturated rings. The molecule has 1 heterocycles. The van der Waals surface area contributed by atoms with Crippen LogP contribution >= 0.6 is 0 Å². The van der Waals surface area contributed by atoms with Gasteiger partial charge in [-0.1, -0.05) is 6.07 Å². The molecular formula is C10H13NO. The SMILES string of the molecule is [2H]C([2H])([2H])Oc1ccc2c(c1)CCNC2([2H])[2H]. The van der Waals surface area contributed by atoms with Gasteiger partial charge in [-0.3, -0.25) is 0 Å². The van der Waals surface area contributed by atoms with Crippen LogP contribution in [0.4, 0.5) is 0 Å². The molecule has 0 saturated heterocycles. The van der Waals surface area contributed by atoms with Crippen LogP contribution < -0.4 is 10.1 Å². The fourth-order valence-corrected chi connectivity index (χ4v) is 1.32. The Morgan fingerprint density at radius 1 is 1.58 bits per heavy atom. The molecule has 0 radical (unpaired) electrons. The molecule has 0 spiro atoms. The van der Waals surface area contributed by atoms with Crippen LogP contribution in [0, 0.1) is 0 Å². The van der Waals surface area contributed by atoms with E-state index >= 15 is 0 Å². The van der Waals surface area contributed by atoms with Crippen LogP contribution in [0.2, 0.25) is 0 Å². The summed E-state index contributed by atoms with van der Waals surface area (Å²) in [7, 11) is -2.47. The van der Waals surface area contributed by atoms with Crippen LogP contribution in [0.5, 0.6) is 5.75 Å². The second-order valence-electron chi connectivity index (χ2n) is 2.72. The maximum atomic E-state index is 7.76. The molecule has 0 unspecified atom stereocenters. The van der Waals surface area contributed by atoms with Crippen molar-refractivity contribution in [3.63, 3.8) is 0 Å². The number of fused-ring (bicyclic) bond motifs is 1. The molecular weight excluding hydrogens is 150 g/mol. The van der Waals surface area contributed by atoms with E-state index in [0.717, 1.165) is 5.56 Å². The summed E-state index contributed by atoms with van der Waals surface area (Å²) in [6.45, 7) is -1.04. The lowest BCUT2D eigenvalue weighted by atomic mass is 10.0. The number of ether oxygens (including phenoxy) is 1. The second kappa shape index (κ2) is 3.15. The first kappa shape index (κ1) is 3.79. The van der Waals surface area contributed by atoms with Crippen LogP contribution in [0.25, 0.3) is 0 Å². The van der Waals surface area contributed by atoms with Gasteiger partial charge >= 0.3 is 0 Å². The maximum absolute atomic E-state index is 7.76. The zero-order chi connectivity index (χ0) is 12.7. The van der Waals surface area contributed by atoms with Gasteiger partial charge in [0.2, 0.25) is 0 Å². The summed E-state index contributed by atoms with van der Waals surface area (Å²) in [6, 6.07) is 4.65. The maximum Gasteiger partial charge on any atom is 0.119 e. The van der Waals surface area contributed by atoms with Gasteiger partial charge in [0.1, 0.15) is 5.75 Å². The van der Waals surface area contributed by atoms with Crippen LogP contribution in [0.1, 0.15) is 18.0 Å². The lowest BCUT2D eigenvalue weighted by molar-refractivity contribution is 0.413. The lowest BCUT2D eigenvalue weighted by Crippen LogP contribution is -2.23. The molecule has 64 valence electrons. The zero-order valence-electron chi connectivity index (χ0n) is 11.6. The summed E-state index contributed by atoms with van der Waals surface area (Å²) in [6.07, 6.45) is 0.660. The van der Waals surface area contributed by atoms with Crippen molar-refractivity contribution in [1.82, 2.24) is 5.32 Å². The molecule has 2 rings (SSSR count). The third kappa shape index (κ3) is 1.30. The van der Waals surface area contributed by atoms with Crippen molar-refractivity contribution in [3.05, 3.63) is 29.3 Å². The summed E-state index contributed by atoms with van der Waals surface area (Å²) in [5.41, 5.74) is 1.33. The topological polar surface area (TPSA) is 21.3 Å². The first-order chi connectivity index (χ1) is 7.78. The number of benzene rings is 1. The van der Waals surface area contributed by atoms with Gasteiger partial charge in [0.15, 0.2) is 0 Å². The highest BCUT2D eigenvalue weighted by Crippen LogP contribution is 2.19. The van der Waals surface area contributed by atoms with Crippen LogP contribution in [0.15, 0.2) is 18.2 Å². The predicted octanol–water partition coefficient (Wildman–Crippen LogP) is 1.34. The van der Waals surface area contributed by atoms with Gasteiger partial charge in [0.05, 0.1) is 11.2 Å². The van der Waals surface area contributed by atoms with Gasteiger partial charge in [-0.2, -0.15) is 0 Å². The lowest BCUT2D eigenvalue weighted by Gasteiger charge is -2.17. The molecule has 0 amide bonds. The van der Waals surface area contributed by atoms with Gasteiger partial charge in [-0.25, -0.2) is 0 Å². The predicted molar refractivity (Wildman–Crippen MR) is 48.4 cm³/mol. The first-order valence-electron chi connectivity index (χ1n) is 6.35. The minimum absolute atomic E-state index is 0.251. The van der Waals surface area contributed by atoms with E-state index in [0.29, 0.717) is 18.5 Å². The Balaban J connectivity index is 2.32. The number of hydrogen-bond acceptors (Lipinski definition) is 2. The Hall–Kier alpha value is -1.02. The molecule has 0 aliphatic carbocycles. The molecule has 1 aliphatic rings. The summed E-state index contributed by atoms with van der Waals surface area (Å²) in [4.78, 5) is 0. The van der Waals surface area contributed by atoms with Crippen LogP contribution in [-0.4, -0.2) is 13.6 Å². The highest BCUT2D eigenvalue weighted by molar-refractivity contribution is 5.36.